The minimum atomic E-state index is 0.249. The van der Waals surface area contributed by atoms with Crippen molar-refractivity contribution >= 4 is 5.69 Å². The third kappa shape index (κ3) is 12.6. The van der Waals surface area contributed by atoms with E-state index >= 15 is 0 Å². The van der Waals surface area contributed by atoms with E-state index in [1.807, 2.05) is 0 Å². The van der Waals surface area contributed by atoms with Gasteiger partial charge in [-0.2, -0.15) is 0 Å². The number of hydrogen-bond donors (Lipinski definition) is 4. The lowest BCUT2D eigenvalue weighted by molar-refractivity contribution is -0.0725. The van der Waals surface area contributed by atoms with Gasteiger partial charge in [-0.05, 0) is 291 Å². The van der Waals surface area contributed by atoms with Gasteiger partial charge in [0.15, 0.2) is 0 Å². The molecule has 3 aromatic rings. The zero-order chi connectivity index (χ0) is 50.3. The quantitative estimate of drug-likeness (QED) is 0.108. The van der Waals surface area contributed by atoms with E-state index in [-0.39, 0.29) is 6.04 Å². The van der Waals surface area contributed by atoms with Crippen LogP contribution in [0.2, 0.25) is 0 Å². The zero-order valence-electron chi connectivity index (χ0n) is 46.8. The van der Waals surface area contributed by atoms with E-state index in [0.717, 1.165) is 79.6 Å². The molecule has 0 bridgehead atoms. The lowest BCUT2D eigenvalue weighted by Crippen LogP contribution is -2.55. The predicted molar refractivity (Wildman–Crippen MR) is 308 cm³/mol. The third-order valence-corrected chi connectivity index (χ3v) is 22.6. The van der Waals surface area contributed by atoms with Crippen LogP contribution in [0.25, 0.3) is 0 Å². The SMILES string of the molecule is CCCNc1ccc(C2CCC(C3CC(C4CC(C5CCC(c6ccc(C)cc6)CC5)CCC4C(N)CC)C(C(N)CC)C(C4CC(C5CCC(c6ccc(C)cc6)CC5)CCC4C(N)CC)C3)CC2)cc1. The maximum Gasteiger partial charge on any atom is 0.0340 e. The van der Waals surface area contributed by atoms with Crippen molar-refractivity contribution in [3.8, 4) is 0 Å². The van der Waals surface area contributed by atoms with Gasteiger partial charge in [0.1, 0.15) is 0 Å². The largest absolute Gasteiger partial charge is 0.385 e. The minimum absolute atomic E-state index is 0.249. The van der Waals surface area contributed by atoms with Gasteiger partial charge in [0.25, 0.3) is 0 Å². The Balaban J connectivity index is 1.00. The molecule has 7 N–H and O–H groups in total. The highest BCUT2D eigenvalue weighted by Gasteiger charge is 2.54. The van der Waals surface area contributed by atoms with E-state index in [0.29, 0.717) is 59.4 Å². The molecule has 3 aromatic carbocycles. The van der Waals surface area contributed by atoms with Gasteiger partial charge in [0, 0.05) is 30.4 Å². The summed E-state index contributed by atoms with van der Waals surface area (Å²) in [5.74, 6) is 11.7. The van der Waals surface area contributed by atoms with Gasteiger partial charge in [-0.25, -0.2) is 0 Å². The van der Waals surface area contributed by atoms with Crippen LogP contribution in [0.4, 0.5) is 5.69 Å². The third-order valence-electron chi connectivity index (χ3n) is 22.6. The second kappa shape index (κ2) is 25.5. The van der Waals surface area contributed by atoms with Crippen molar-refractivity contribution in [2.45, 2.75) is 232 Å². The fraction of sp³-hybridized carbons (Fsp3) is 0.735. The average Bonchev–Trinajstić information content (AvgIpc) is 3.44. The van der Waals surface area contributed by atoms with Gasteiger partial charge in [0.2, 0.25) is 0 Å². The molecule has 0 aliphatic heterocycles. The molecule has 6 aliphatic rings. The summed E-state index contributed by atoms with van der Waals surface area (Å²) in [4.78, 5) is 0. The van der Waals surface area contributed by atoms with Gasteiger partial charge in [-0.1, -0.05) is 99.5 Å². The van der Waals surface area contributed by atoms with Crippen molar-refractivity contribution < 1.29 is 0 Å². The number of nitrogens with one attached hydrogen (secondary N) is 1. The van der Waals surface area contributed by atoms with E-state index in [2.05, 4.69) is 120 Å². The summed E-state index contributed by atoms with van der Waals surface area (Å²) in [5, 5.41) is 3.62. The summed E-state index contributed by atoms with van der Waals surface area (Å²) in [6.45, 7) is 15.0. The van der Waals surface area contributed by atoms with Crippen LogP contribution in [0.1, 0.15) is 227 Å². The molecule has 398 valence electrons. The van der Waals surface area contributed by atoms with E-state index in [4.69, 9.17) is 17.2 Å². The van der Waals surface area contributed by atoms with Gasteiger partial charge >= 0.3 is 0 Å². The summed E-state index contributed by atoms with van der Waals surface area (Å²) >= 11 is 0. The number of benzene rings is 3. The minimum Gasteiger partial charge on any atom is -0.385 e. The Morgan fingerprint density at radius 2 is 0.722 bits per heavy atom. The fourth-order valence-electron chi connectivity index (χ4n) is 18.3. The Morgan fingerprint density at radius 1 is 0.389 bits per heavy atom. The normalized spacial score (nSPS) is 37.1. The highest BCUT2D eigenvalue weighted by Crippen LogP contribution is 2.60. The maximum atomic E-state index is 7.84. The molecule has 0 heterocycles. The van der Waals surface area contributed by atoms with E-state index in [1.165, 1.54) is 145 Å². The molecule has 6 saturated carbocycles. The van der Waals surface area contributed by atoms with E-state index in [1.54, 1.807) is 16.7 Å². The Hall–Kier alpha value is -2.66. The van der Waals surface area contributed by atoms with Gasteiger partial charge in [-0.3, -0.25) is 0 Å². The summed E-state index contributed by atoms with van der Waals surface area (Å²) < 4.78 is 0. The first-order valence-corrected chi connectivity index (χ1v) is 31.3. The molecule has 72 heavy (non-hydrogen) atoms. The first kappa shape index (κ1) is 54.1. The number of hydrogen-bond acceptors (Lipinski definition) is 4. The Labute approximate surface area is 441 Å². The lowest BCUT2D eigenvalue weighted by atomic mass is 9.48. The molecular formula is C68H106N4. The number of anilines is 1. The van der Waals surface area contributed by atoms with E-state index < -0.39 is 0 Å². The topological polar surface area (TPSA) is 90.1 Å². The molecule has 0 amide bonds. The molecule has 0 aromatic heterocycles. The molecule has 6 fully saturated rings. The van der Waals surface area contributed by atoms with Crippen molar-refractivity contribution in [1.82, 2.24) is 0 Å². The first-order chi connectivity index (χ1) is 35.0. The summed E-state index contributed by atoms with van der Waals surface area (Å²) in [7, 11) is 0. The lowest BCUT2D eigenvalue weighted by Gasteiger charge is -2.58. The smallest absolute Gasteiger partial charge is 0.0340 e. The molecule has 4 nitrogen and oxygen atoms in total. The van der Waals surface area contributed by atoms with Crippen LogP contribution in [-0.4, -0.2) is 24.7 Å². The van der Waals surface area contributed by atoms with Crippen LogP contribution >= 0.6 is 0 Å². The Kier molecular flexibility index (Phi) is 19.1. The molecule has 0 saturated heterocycles. The zero-order valence-corrected chi connectivity index (χ0v) is 46.8. The maximum absolute atomic E-state index is 7.84. The first-order valence-electron chi connectivity index (χ1n) is 31.3. The standard InChI is InChI=1S/C68H106N4/c1-7-39-72-58-35-31-51(32-36-58)50-23-29-54(30-24-50)57-42-63(61-40-55(33-37-59(61)65(69)8-2)52-25-19-48(20-26-52)46-15-11-44(5)12-16-46)68(67(71)10-4)64(43-57)62-41-56(34-38-60(62)66(70)9-3)53-27-21-49(22-28-53)47-17-13-45(6)14-18-47/h11-18,31-32,35-36,48-50,52-57,59-68,72H,7-10,19-30,33-34,37-43,69-71H2,1-6H3. The number of aryl methyl sites for hydroxylation is 2. The van der Waals surface area contributed by atoms with Gasteiger partial charge in [0.05, 0.1) is 0 Å². The number of nitrogens with two attached hydrogens (primary N) is 3. The van der Waals surface area contributed by atoms with Crippen molar-refractivity contribution in [2.24, 2.45) is 94.1 Å². The fourth-order valence-corrected chi connectivity index (χ4v) is 18.3. The molecule has 4 heteroatoms. The van der Waals surface area contributed by atoms with Crippen LogP contribution in [0.15, 0.2) is 72.8 Å². The Bertz CT molecular complexity index is 1930. The molecular weight excluding hydrogens is 873 g/mol. The van der Waals surface area contributed by atoms with Crippen LogP contribution in [-0.2, 0) is 0 Å². The molecule has 0 radical (unpaired) electrons. The molecule has 9 rings (SSSR count). The van der Waals surface area contributed by atoms with Crippen LogP contribution in [0.3, 0.4) is 0 Å². The van der Waals surface area contributed by atoms with Crippen molar-refractivity contribution in [3.63, 3.8) is 0 Å². The molecule has 6 aliphatic carbocycles. The number of rotatable bonds is 17. The van der Waals surface area contributed by atoms with E-state index in [9.17, 15) is 0 Å². The van der Waals surface area contributed by atoms with Crippen LogP contribution in [0.5, 0.6) is 0 Å². The monoisotopic (exact) mass is 979 g/mol. The Morgan fingerprint density at radius 3 is 1.08 bits per heavy atom. The van der Waals surface area contributed by atoms with Crippen LogP contribution in [0, 0.1) is 90.8 Å². The molecule has 0 spiro atoms. The van der Waals surface area contributed by atoms with Crippen molar-refractivity contribution in [1.29, 1.82) is 0 Å². The highest BCUT2D eigenvalue weighted by molar-refractivity contribution is 5.45. The summed E-state index contributed by atoms with van der Waals surface area (Å²) in [5.41, 5.74) is 31.5. The van der Waals surface area contributed by atoms with Crippen LogP contribution < -0.4 is 22.5 Å². The molecule has 11 unspecified atom stereocenters. The molecule has 11 atom stereocenters. The van der Waals surface area contributed by atoms with Gasteiger partial charge in [-0.15, -0.1) is 0 Å². The van der Waals surface area contributed by atoms with Crippen molar-refractivity contribution in [3.05, 3.63) is 101 Å². The van der Waals surface area contributed by atoms with Crippen molar-refractivity contribution in [2.75, 3.05) is 11.9 Å². The van der Waals surface area contributed by atoms with Gasteiger partial charge < -0.3 is 22.5 Å². The predicted octanol–water partition coefficient (Wildman–Crippen LogP) is 16.9. The average molecular weight is 980 g/mol. The summed E-state index contributed by atoms with van der Waals surface area (Å²) in [6, 6.07) is 29.5. The summed E-state index contributed by atoms with van der Waals surface area (Å²) in [6.07, 6.45) is 32.0. The second-order valence-corrected chi connectivity index (χ2v) is 26.4. The second-order valence-electron chi connectivity index (χ2n) is 26.4. The highest BCUT2D eigenvalue weighted by atomic mass is 14.9.